The van der Waals surface area contributed by atoms with Gasteiger partial charge in [0.2, 0.25) is 5.88 Å². The summed E-state index contributed by atoms with van der Waals surface area (Å²) < 4.78 is 59.2. The summed E-state index contributed by atoms with van der Waals surface area (Å²) in [5.74, 6) is -2.11. The Hall–Kier alpha value is -3.00. The van der Waals surface area contributed by atoms with Crippen LogP contribution >= 0.6 is 0 Å². The number of piperidine rings is 1. The highest BCUT2D eigenvalue weighted by molar-refractivity contribution is 5.83. The van der Waals surface area contributed by atoms with E-state index in [1.54, 1.807) is 26.0 Å². The molecule has 1 atom stereocenters. The molecule has 8 heteroatoms. The van der Waals surface area contributed by atoms with Crippen LogP contribution in [0.15, 0.2) is 35.1 Å². The van der Waals surface area contributed by atoms with Gasteiger partial charge in [-0.3, -0.25) is 14.1 Å². The average Bonchev–Trinajstić information content (AvgIpc) is 3.17. The van der Waals surface area contributed by atoms with Crippen molar-refractivity contribution in [3.05, 3.63) is 57.6 Å². The Kier molecular flexibility index (Phi) is 5.45. The van der Waals surface area contributed by atoms with Crippen LogP contribution in [-0.4, -0.2) is 50.2 Å². The van der Waals surface area contributed by atoms with Gasteiger partial charge < -0.3 is 9.64 Å². The second-order valence-electron chi connectivity index (χ2n) is 9.53. The van der Waals surface area contributed by atoms with E-state index in [4.69, 9.17) is 10.2 Å². The van der Waals surface area contributed by atoms with Crippen LogP contribution in [0.4, 0.5) is 4.39 Å². The third kappa shape index (κ3) is 4.63. The molecule has 1 saturated heterocycles. The van der Waals surface area contributed by atoms with Gasteiger partial charge in [-0.15, -0.1) is 0 Å². The Morgan fingerprint density at radius 3 is 2.77 bits per heavy atom. The standard InChI is InChI=1S/C27H34FN5O2/c1-18(2)33-26-21-14-20(22(28)15-23(21)29-17-24(26)31(3)27(33)34)19-8-9-25(30-16-19)35-13-7-12-32-10-5-4-6-11-32/h8-9,15-18,20H,4-7,10-14H2,1-3H3/i14D2,15D,17D. The number of hydrogen-bond acceptors (Lipinski definition) is 5. The predicted octanol–water partition coefficient (Wildman–Crippen LogP) is 4.62. The van der Waals surface area contributed by atoms with Gasteiger partial charge in [-0.2, -0.15) is 0 Å². The number of nitrogens with zero attached hydrogens (tertiary/aromatic N) is 5. The number of ether oxygens (including phenoxy) is 1. The highest BCUT2D eigenvalue weighted by Crippen LogP contribution is 2.38. The van der Waals surface area contributed by atoms with E-state index in [0.717, 1.165) is 26.1 Å². The number of fused-ring (bicyclic) bond motifs is 3. The summed E-state index contributed by atoms with van der Waals surface area (Å²) in [6.45, 7) is 7.26. The van der Waals surface area contributed by atoms with Crippen molar-refractivity contribution in [1.82, 2.24) is 24.0 Å². The number of rotatable bonds is 7. The fourth-order valence-electron chi connectivity index (χ4n) is 4.89. The molecule has 4 heterocycles. The third-order valence-electron chi connectivity index (χ3n) is 6.75. The Labute approximate surface area is 210 Å². The van der Waals surface area contributed by atoms with Crippen molar-refractivity contribution in [2.75, 3.05) is 26.2 Å². The summed E-state index contributed by atoms with van der Waals surface area (Å²) >= 11 is 0. The van der Waals surface area contributed by atoms with Crippen molar-refractivity contribution in [1.29, 1.82) is 0 Å². The summed E-state index contributed by atoms with van der Waals surface area (Å²) in [7, 11) is 1.50. The molecule has 0 spiro atoms. The van der Waals surface area contributed by atoms with Crippen LogP contribution in [-0.2, 0) is 13.4 Å². The summed E-state index contributed by atoms with van der Waals surface area (Å²) in [5, 5.41) is 0. The lowest BCUT2D eigenvalue weighted by Gasteiger charge is -2.26. The van der Waals surface area contributed by atoms with Crippen LogP contribution in [0.5, 0.6) is 5.88 Å². The molecule has 186 valence electrons. The number of allylic oxidation sites excluding steroid dienone is 1. The van der Waals surface area contributed by atoms with Gasteiger partial charge in [0.15, 0.2) is 0 Å². The zero-order valence-electron chi connectivity index (χ0n) is 24.5. The molecule has 3 aromatic rings. The smallest absolute Gasteiger partial charge is 0.329 e. The second-order valence-corrected chi connectivity index (χ2v) is 9.53. The zero-order chi connectivity index (χ0) is 28.1. The molecule has 0 aromatic carbocycles. The summed E-state index contributed by atoms with van der Waals surface area (Å²) in [6.07, 6.45) is 3.31. The van der Waals surface area contributed by atoms with E-state index in [1.807, 2.05) is 0 Å². The molecule has 0 bridgehead atoms. The Balaban J connectivity index is 1.47. The van der Waals surface area contributed by atoms with E-state index in [9.17, 15) is 4.79 Å². The van der Waals surface area contributed by atoms with Gasteiger partial charge in [-0.1, -0.05) is 12.5 Å². The lowest BCUT2D eigenvalue weighted by molar-refractivity contribution is 0.203. The first-order valence-corrected chi connectivity index (χ1v) is 12.3. The monoisotopic (exact) mass is 483 g/mol. The maximum absolute atomic E-state index is 15.7. The van der Waals surface area contributed by atoms with Crippen molar-refractivity contribution in [2.45, 2.75) is 57.9 Å². The molecule has 5 rings (SSSR count). The highest BCUT2D eigenvalue weighted by Gasteiger charge is 2.29. The minimum absolute atomic E-state index is 0.0608. The van der Waals surface area contributed by atoms with Gasteiger partial charge in [-0.25, -0.2) is 14.2 Å². The van der Waals surface area contributed by atoms with Crippen molar-refractivity contribution in [3.8, 4) is 5.88 Å². The molecular weight excluding hydrogens is 445 g/mol. The van der Waals surface area contributed by atoms with E-state index in [2.05, 4.69) is 14.9 Å². The van der Waals surface area contributed by atoms with Gasteiger partial charge in [0, 0.05) is 46.1 Å². The molecule has 0 amide bonds. The fraction of sp³-hybridized carbons (Fsp3) is 0.519. The van der Waals surface area contributed by atoms with Gasteiger partial charge in [0.05, 0.1) is 32.2 Å². The van der Waals surface area contributed by atoms with Crippen molar-refractivity contribution in [3.63, 3.8) is 0 Å². The first-order valence-electron chi connectivity index (χ1n) is 14.3. The Bertz CT molecular complexity index is 1480. The van der Waals surface area contributed by atoms with Gasteiger partial charge in [-0.05, 0) is 64.2 Å². The van der Waals surface area contributed by atoms with Gasteiger partial charge >= 0.3 is 5.69 Å². The molecule has 0 radical (unpaired) electrons. The molecule has 1 unspecified atom stereocenters. The van der Waals surface area contributed by atoms with Crippen LogP contribution in [0.2, 0.25) is 0 Å². The SMILES string of the molecule is [2H]C1=C(F)C(c2ccc(OCCCN3CCCCC3)nc2)C([2H])([2H])c2c1nc([2H])c1c2n(C(C)C)c(=O)n1C. The maximum Gasteiger partial charge on any atom is 0.329 e. The van der Waals surface area contributed by atoms with E-state index >= 15 is 4.39 Å². The summed E-state index contributed by atoms with van der Waals surface area (Å²) in [6, 6.07) is 2.20. The lowest BCUT2D eigenvalue weighted by Crippen LogP contribution is -2.31. The number of aryl methyl sites for hydroxylation is 1. The molecule has 2 aliphatic rings. The van der Waals surface area contributed by atoms with Crippen molar-refractivity contribution < 1.29 is 14.6 Å². The van der Waals surface area contributed by atoms with Gasteiger partial charge in [0.1, 0.15) is 5.83 Å². The number of pyridine rings is 2. The Morgan fingerprint density at radius 1 is 1.26 bits per heavy atom. The Morgan fingerprint density at radius 2 is 2.06 bits per heavy atom. The van der Waals surface area contributed by atoms with Crippen molar-refractivity contribution in [2.24, 2.45) is 7.05 Å². The molecule has 0 saturated carbocycles. The summed E-state index contributed by atoms with van der Waals surface area (Å²) in [5.41, 5.74) is -0.188. The van der Waals surface area contributed by atoms with Crippen molar-refractivity contribution >= 4 is 17.1 Å². The largest absolute Gasteiger partial charge is 0.478 e. The topological polar surface area (TPSA) is 65.2 Å². The van der Waals surface area contributed by atoms with Gasteiger partial charge in [0.25, 0.3) is 0 Å². The minimum Gasteiger partial charge on any atom is -0.478 e. The highest BCUT2D eigenvalue weighted by atomic mass is 19.1. The number of halogens is 1. The zero-order valence-corrected chi connectivity index (χ0v) is 20.5. The minimum atomic E-state index is -2.38. The maximum atomic E-state index is 15.7. The third-order valence-corrected chi connectivity index (χ3v) is 6.75. The molecule has 0 N–H and O–H groups in total. The van der Waals surface area contributed by atoms with Crippen LogP contribution in [0.25, 0.3) is 17.1 Å². The van der Waals surface area contributed by atoms with Crippen LogP contribution < -0.4 is 10.4 Å². The molecule has 1 aliphatic heterocycles. The molecular formula is C27H34FN5O2. The quantitative estimate of drug-likeness (QED) is 0.459. The van der Waals surface area contributed by atoms with E-state index < -0.39 is 29.9 Å². The molecule has 3 aromatic heterocycles. The predicted molar refractivity (Wildman–Crippen MR) is 136 cm³/mol. The number of imidazole rings is 1. The van der Waals surface area contributed by atoms with Crippen LogP contribution in [0, 0.1) is 0 Å². The van der Waals surface area contributed by atoms with E-state index in [0.29, 0.717) is 12.5 Å². The van der Waals surface area contributed by atoms with Crippen LogP contribution in [0.1, 0.15) is 73.8 Å². The number of aromatic nitrogens is 4. The average molecular weight is 484 g/mol. The fourth-order valence-corrected chi connectivity index (χ4v) is 4.89. The first-order chi connectivity index (χ1) is 18.5. The molecule has 7 nitrogen and oxygen atoms in total. The normalized spacial score (nSPS) is 22.0. The first kappa shape index (κ1) is 19.2. The lowest BCUT2D eigenvalue weighted by atomic mass is 9.86. The number of hydrogen-bond donors (Lipinski definition) is 0. The van der Waals surface area contributed by atoms with E-state index in [-0.39, 0.29) is 40.1 Å². The second kappa shape index (κ2) is 9.93. The summed E-state index contributed by atoms with van der Waals surface area (Å²) in [4.78, 5) is 23.9. The van der Waals surface area contributed by atoms with Crippen LogP contribution in [0.3, 0.4) is 0 Å². The molecule has 35 heavy (non-hydrogen) atoms. The molecule has 1 fully saturated rings. The molecule has 1 aliphatic carbocycles. The number of likely N-dealkylation sites (tertiary alicyclic amines) is 1. The van der Waals surface area contributed by atoms with E-state index in [1.165, 1.54) is 41.6 Å².